The van der Waals surface area contributed by atoms with Crippen molar-refractivity contribution in [2.45, 2.75) is 12.2 Å². The van der Waals surface area contributed by atoms with E-state index in [2.05, 4.69) is 15.5 Å². The Morgan fingerprint density at radius 1 is 1.48 bits per heavy atom. The minimum Gasteiger partial charge on any atom is -0.504 e. The summed E-state index contributed by atoms with van der Waals surface area (Å²) in [6.45, 7) is 1.92. The van der Waals surface area contributed by atoms with Crippen molar-refractivity contribution in [3.8, 4) is 11.5 Å². The van der Waals surface area contributed by atoms with E-state index in [-0.39, 0.29) is 16.9 Å². The van der Waals surface area contributed by atoms with E-state index in [1.807, 2.05) is 13.0 Å². The van der Waals surface area contributed by atoms with Crippen LogP contribution in [0.3, 0.4) is 0 Å². The van der Waals surface area contributed by atoms with Crippen molar-refractivity contribution in [2.24, 2.45) is 0 Å². The number of nitrogens with one attached hydrogen (secondary N) is 2. The van der Waals surface area contributed by atoms with Crippen LogP contribution in [0.15, 0.2) is 18.2 Å². The quantitative estimate of drug-likeness (QED) is 0.792. The molecule has 1 amide bonds. The van der Waals surface area contributed by atoms with Crippen LogP contribution in [0.2, 0.25) is 0 Å². The summed E-state index contributed by atoms with van der Waals surface area (Å²) in [7, 11) is 1.51. The molecule has 1 unspecified atom stereocenters. The van der Waals surface area contributed by atoms with Gasteiger partial charge in [0.15, 0.2) is 17.3 Å². The molecule has 0 saturated heterocycles. The first-order valence-electron chi connectivity index (χ1n) is 6.43. The summed E-state index contributed by atoms with van der Waals surface area (Å²) in [6.07, 6.45) is 0. The fourth-order valence-electron chi connectivity index (χ4n) is 2.40. The van der Waals surface area contributed by atoms with E-state index in [1.165, 1.54) is 18.9 Å². The van der Waals surface area contributed by atoms with E-state index in [0.717, 1.165) is 16.8 Å². The number of thioether (sulfide) groups is 1. The van der Waals surface area contributed by atoms with Crippen molar-refractivity contribution < 1.29 is 14.6 Å². The van der Waals surface area contributed by atoms with Crippen molar-refractivity contribution in [3.05, 3.63) is 35.0 Å². The highest BCUT2D eigenvalue weighted by Crippen LogP contribution is 2.43. The second-order valence-electron chi connectivity index (χ2n) is 4.78. The second-order valence-corrected chi connectivity index (χ2v) is 5.87. The third kappa shape index (κ3) is 2.44. The number of methoxy groups -OCH3 is 1. The van der Waals surface area contributed by atoms with Gasteiger partial charge in [-0.3, -0.25) is 9.89 Å². The topological polar surface area (TPSA) is 87.2 Å². The highest BCUT2D eigenvalue weighted by atomic mass is 32.2. The molecule has 6 nitrogen and oxygen atoms in total. The Hall–Kier alpha value is -2.15. The summed E-state index contributed by atoms with van der Waals surface area (Å²) >= 11 is 1.50. The number of carbonyl (C=O) groups is 1. The largest absolute Gasteiger partial charge is 0.504 e. The Morgan fingerprint density at radius 3 is 3.00 bits per heavy atom. The lowest BCUT2D eigenvalue weighted by molar-refractivity contribution is -0.113. The van der Waals surface area contributed by atoms with Gasteiger partial charge in [-0.15, -0.1) is 11.8 Å². The van der Waals surface area contributed by atoms with E-state index < -0.39 is 0 Å². The van der Waals surface area contributed by atoms with Gasteiger partial charge in [-0.05, 0) is 24.6 Å². The Morgan fingerprint density at radius 2 is 2.29 bits per heavy atom. The van der Waals surface area contributed by atoms with Crippen LogP contribution < -0.4 is 10.1 Å². The first-order valence-corrected chi connectivity index (χ1v) is 7.48. The third-order valence-corrected chi connectivity index (χ3v) is 4.67. The number of aromatic nitrogens is 2. The fourth-order valence-corrected chi connectivity index (χ4v) is 3.58. The van der Waals surface area contributed by atoms with Gasteiger partial charge >= 0.3 is 0 Å². The van der Waals surface area contributed by atoms with E-state index in [0.29, 0.717) is 17.3 Å². The predicted molar refractivity (Wildman–Crippen MR) is 80.9 cm³/mol. The van der Waals surface area contributed by atoms with Crippen LogP contribution in [0.4, 0.5) is 5.82 Å². The number of fused-ring (bicyclic) bond motifs is 1. The number of carbonyl (C=O) groups excluding carboxylic acids is 1. The molecule has 3 N–H and O–H groups in total. The smallest absolute Gasteiger partial charge is 0.235 e. The van der Waals surface area contributed by atoms with Gasteiger partial charge in [0, 0.05) is 11.3 Å². The van der Waals surface area contributed by atoms with Crippen LogP contribution in [0.5, 0.6) is 11.5 Å². The number of amides is 1. The van der Waals surface area contributed by atoms with Gasteiger partial charge < -0.3 is 15.2 Å². The molecule has 7 heteroatoms. The molecule has 1 aromatic carbocycles. The van der Waals surface area contributed by atoms with Crippen LogP contribution in [0, 0.1) is 6.92 Å². The summed E-state index contributed by atoms with van der Waals surface area (Å²) in [5.74, 6) is 1.33. The van der Waals surface area contributed by atoms with Crippen LogP contribution in [-0.2, 0) is 4.79 Å². The summed E-state index contributed by atoms with van der Waals surface area (Å²) in [5.41, 5.74) is 2.75. The number of rotatable bonds is 2. The molecular formula is C14H15N3O3S. The lowest BCUT2D eigenvalue weighted by atomic mass is 10.0. The highest BCUT2D eigenvalue weighted by Gasteiger charge is 2.28. The van der Waals surface area contributed by atoms with Crippen molar-refractivity contribution in [1.82, 2.24) is 10.2 Å². The van der Waals surface area contributed by atoms with Crippen LogP contribution in [0.1, 0.15) is 22.1 Å². The number of hydrogen-bond donors (Lipinski definition) is 3. The standard InChI is InChI=1S/C14H15N3O3S/c1-7-12-13(8-3-4-10(20-2)9(18)5-8)21-6-11(19)15-14(12)17-16-7/h3-5,13,18H,6H2,1-2H3,(H2,15,16,17,19). The first-order chi connectivity index (χ1) is 10.1. The minimum absolute atomic E-state index is 0.0745. The zero-order valence-corrected chi connectivity index (χ0v) is 12.5. The van der Waals surface area contributed by atoms with Gasteiger partial charge in [0.1, 0.15) is 0 Å². The number of anilines is 1. The van der Waals surface area contributed by atoms with E-state index in [1.54, 1.807) is 12.1 Å². The van der Waals surface area contributed by atoms with Crippen molar-refractivity contribution >= 4 is 23.5 Å². The third-order valence-electron chi connectivity index (χ3n) is 3.40. The maximum Gasteiger partial charge on any atom is 0.235 e. The average molecular weight is 305 g/mol. The zero-order valence-electron chi connectivity index (χ0n) is 11.6. The van der Waals surface area contributed by atoms with Crippen molar-refractivity contribution in [2.75, 3.05) is 18.2 Å². The summed E-state index contributed by atoms with van der Waals surface area (Å²) in [6, 6.07) is 5.28. The molecule has 3 rings (SSSR count). The molecule has 1 aromatic heterocycles. The number of H-pyrrole nitrogens is 1. The lowest BCUT2D eigenvalue weighted by Gasteiger charge is -2.16. The lowest BCUT2D eigenvalue weighted by Crippen LogP contribution is -2.12. The molecule has 1 aliphatic rings. The van der Waals surface area contributed by atoms with Gasteiger partial charge in [0.05, 0.1) is 18.1 Å². The van der Waals surface area contributed by atoms with E-state index >= 15 is 0 Å². The second kappa shape index (κ2) is 5.33. The van der Waals surface area contributed by atoms with E-state index in [9.17, 15) is 9.90 Å². The Bertz CT molecular complexity index is 699. The number of hydrogen-bond acceptors (Lipinski definition) is 5. The molecule has 0 saturated carbocycles. The van der Waals surface area contributed by atoms with Gasteiger partial charge in [0.2, 0.25) is 5.91 Å². The zero-order chi connectivity index (χ0) is 15.0. The normalized spacial score (nSPS) is 17.8. The molecule has 1 aliphatic heterocycles. The Balaban J connectivity index is 2.07. The highest BCUT2D eigenvalue weighted by molar-refractivity contribution is 8.00. The molecule has 1 atom stereocenters. The molecule has 0 fully saturated rings. The number of nitrogens with zero attached hydrogens (tertiary/aromatic N) is 1. The van der Waals surface area contributed by atoms with Gasteiger partial charge in [0.25, 0.3) is 0 Å². The summed E-state index contributed by atoms with van der Waals surface area (Å²) in [5, 5.41) is 19.7. The monoisotopic (exact) mass is 305 g/mol. The minimum atomic E-state index is -0.0759. The number of ether oxygens (including phenoxy) is 1. The van der Waals surface area contributed by atoms with Gasteiger partial charge in [-0.25, -0.2) is 0 Å². The number of benzene rings is 1. The Kier molecular flexibility index (Phi) is 3.50. The van der Waals surface area contributed by atoms with Gasteiger partial charge in [-0.1, -0.05) is 6.07 Å². The number of phenolic OH excluding ortho intramolecular Hbond substituents is 1. The molecule has 0 aliphatic carbocycles. The first kappa shape index (κ1) is 13.8. The SMILES string of the molecule is COc1ccc(C2SCC(=O)Nc3n[nH]c(C)c32)cc1O. The number of aryl methyl sites for hydroxylation is 1. The molecule has 21 heavy (non-hydrogen) atoms. The van der Waals surface area contributed by atoms with Crippen LogP contribution in [0.25, 0.3) is 0 Å². The maximum absolute atomic E-state index is 11.7. The predicted octanol–water partition coefficient (Wildman–Crippen LogP) is 2.21. The summed E-state index contributed by atoms with van der Waals surface area (Å²) < 4.78 is 5.07. The van der Waals surface area contributed by atoms with Gasteiger partial charge in [-0.2, -0.15) is 5.10 Å². The number of phenols is 1. The maximum atomic E-state index is 11.7. The molecule has 110 valence electrons. The molecule has 2 aromatic rings. The summed E-state index contributed by atoms with van der Waals surface area (Å²) in [4.78, 5) is 11.7. The Labute approximate surface area is 125 Å². The molecule has 2 heterocycles. The average Bonchev–Trinajstić information content (AvgIpc) is 2.72. The molecule has 0 radical (unpaired) electrons. The van der Waals surface area contributed by atoms with Crippen molar-refractivity contribution in [1.29, 1.82) is 0 Å². The van der Waals surface area contributed by atoms with Crippen LogP contribution >= 0.6 is 11.8 Å². The fraction of sp³-hybridized carbons (Fsp3) is 0.286. The number of aromatic hydroxyl groups is 1. The number of aromatic amines is 1. The molecule has 0 spiro atoms. The van der Waals surface area contributed by atoms with Crippen LogP contribution in [-0.4, -0.2) is 34.1 Å². The molecule has 0 bridgehead atoms. The molecular weight excluding hydrogens is 290 g/mol. The van der Waals surface area contributed by atoms with E-state index in [4.69, 9.17) is 4.74 Å². The van der Waals surface area contributed by atoms with Crippen molar-refractivity contribution in [3.63, 3.8) is 0 Å².